The summed E-state index contributed by atoms with van der Waals surface area (Å²) in [5.74, 6) is 1.28. The Hall–Kier alpha value is -1.75. The van der Waals surface area contributed by atoms with Gasteiger partial charge in [0.2, 0.25) is 5.91 Å². The van der Waals surface area contributed by atoms with Crippen LogP contribution in [0.15, 0.2) is 18.2 Å². The molecule has 0 radical (unpaired) electrons. The zero-order valence-corrected chi connectivity index (χ0v) is 12.6. The zero-order valence-electron chi connectivity index (χ0n) is 12.6. The highest BCUT2D eigenvalue weighted by molar-refractivity contribution is 5.81. The van der Waals surface area contributed by atoms with Crippen LogP contribution >= 0.6 is 0 Å². The van der Waals surface area contributed by atoms with Gasteiger partial charge in [-0.1, -0.05) is 13.3 Å². The van der Waals surface area contributed by atoms with Gasteiger partial charge < -0.3 is 20.5 Å². The number of carbonyl (C=O) groups is 1. The number of methoxy groups -OCH3 is 2. The Kier molecular flexibility index (Phi) is 6.31. The summed E-state index contributed by atoms with van der Waals surface area (Å²) >= 11 is 0. The van der Waals surface area contributed by atoms with Gasteiger partial charge in [0, 0.05) is 5.56 Å². The summed E-state index contributed by atoms with van der Waals surface area (Å²) in [6.45, 7) is 3.90. The van der Waals surface area contributed by atoms with E-state index in [1.165, 1.54) is 0 Å². The van der Waals surface area contributed by atoms with Crippen molar-refractivity contribution in [2.45, 2.75) is 38.8 Å². The van der Waals surface area contributed by atoms with Crippen molar-refractivity contribution in [3.8, 4) is 11.5 Å². The van der Waals surface area contributed by atoms with Crippen molar-refractivity contribution < 1.29 is 14.3 Å². The van der Waals surface area contributed by atoms with Crippen LogP contribution in [-0.4, -0.2) is 26.2 Å². The lowest BCUT2D eigenvalue weighted by atomic mass is 10.1. The van der Waals surface area contributed by atoms with Crippen molar-refractivity contribution in [3.63, 3.8) is 0 Å². The van der Waals surface area contributed by atoms with E-state index in [2.05, 4.69) is 5.32 Å². The van der Waals surface area contributed by atoms with Crippen molar-refractivity contribution in [1.29, 1.82) is 0 Å². The first-order valence-corrected chi connectivity index (χ1v) is 6.81. The van der Waals surface area contributed by atoms with Crippen LogP contribution in [0.5, 0.6) is 11.5 Å². The Labute approximate surface area is 120 Å². The number of carbonyl (C=O) groups excluding carboxylic acids is 1. The van der Waals surface area contributed by atoms with Crippen LogP contribution in [0, 0.1) is 0 Å². The molecule has 3 N–H and O–H groups in total. The van der Waals surface area contributed by atoms with E-state index in [-0.39, 0.29) is 11.9 Å². The van der Waals surface area contributed by atoms with Crippen LogP contribution in [0.25, 0.3) is 0 Å². The Morgan fingerprint density at radius 1 is 1.35 bits per heavy atom. The Morgan fingerprint density at radius 2 is 2.05 bits per heavy atom. The van der Waals surface area contributed by atoms with Gasteiger partial charge in [0.15, 0.2) is 0 Å². The summed E-state index contributed by atoms with van der Waals surface area (Å²) in [7, 11) is 3.20. The topological polar surface area (TPSA) is 73.6 Å². The molecular weight excluding hydrogens is 256 g/mol. The predicted molar refractivity (Wildman–Crippen MR) is 79.0 cm³/mol. The van der Waals surface area contributed by atoms with Gasteiger partial charge in [0.25, 0.3) is 0 Å². The normalized spacial score (nSPS) is 13.4. The summed E-state index contributed by atoms with van der Waals surface area (Å²) in [6.07, 6.45) is 1.55. The van der Waals surface area contributed by atoms with Crippen molar-refractivity contribution in [1.82, 2.24) is 5.32 Å². The summed E-state index contributed by atoms with van der Waals surface area (Å²) in [4.78, 5) is 12.0. The van der Waals surface area contributed by atoms with Crippen LogP contribution in [0.4, 0.5) is 0 Å². The third-order valence-electron chi connectivity index (χ3n) is 3.20. The molecule has 2 unspecified atom stereocenters. The summed E-state index contributed by atoms with van der Waals surface area (Å²) < 4.78 is 10.5. The highest BCUT2D eigenvalue weighted by atomic mass is 16.5. The fraction of sp³-hybridized carbons (Fsp3) is 0.533. The lowest BCUT2D eigenvalue weighted by Crippen LogP contribution is -2.41. The average molecular weight is 280 g/mol. The lowest BCUT2D eigenvalue weighted by molar-refractivity contribution is -0.123. The molecule has 2 atom stereocenters. The molecule has 0 saturated carbocycles. The van der Waals surface area contributed by atoms with Crippen LogP contribution in [0.2, 0.25) is 0 Å². The van der Waals surface area contributed by atoms with E-state index in [1.807, 2.05) is 32.0 Å². The van der Waals surface area contributed by atoms with Crippen molar-refractivity contribution in [2.24, 2.45) is 5.73 Å². The summed E-state index contributed by atoms with van der Waals surface area (Å²) in [5, 5.41) is 2.91. The van der Waals surface area contributed by atoms with E-state index < -0.39 is 6.04 Å². The minimum atomic E-state index is -0.473. The van der Waals surface area contributed by atoms with E-state index in [0.29, 0.717) is 12.2 Å². The van der Waals surface area contributed by atoms with E-state index in [9.17, 15) is 4.79 Å². The minimum Gasteiger partial charge on any atom is -0.497 e. The van der Waals surface area contributed by atoms with Crippen LogP contribution in [0.1, 0.15) is 38.3 Å². The van der Waals surface area contributed by atoms with Gasteiger partial charge in [-0.3, -0.25) is 4.79 Å². The van der Waals surface area contributed by atoms with E-state index in [0.717, 1.165) is 17.7 Å². The number of nitrogens with one attached hydrogen (secondary N) is 1. The minimum absolute atomic E-state index is 0.149. The number of ether oxygens (including phenoxy) is 2. The Bertz CT molecular complexity index is 449. The molecule has 1 aromatic carbocycles. The molecule has 5 nitrogen and oxygen atoms in total. The summed E-state index contributed by atoms with van der Waals surface area (Å²) in [6, 6.07) is 4.83. The van der Waals surface area contributed by atoms with Gasteiger partial charge in [0.1, 0.15) is 11.5 Å². The second-order valence-corrected chi connectivity index (χ2v) is 4.73. The molecule has 0 spiro atoms. The van der Waals surface area contributed by atoms with Crippen molar-refractivity contribution >= 4 is 5.91 Å². The van der Waals surface area contributed by atoms with Gasteiger partial charge in [-0.15, -0.1) is 0 Å². The monoisotopic (exact) mass is 280 g/mol. The Balaban J connectivity index is 2.85. The first-order chi connectivity index (χ1) is 9.53. The van der Waals surface area contributed by atoms with E-state index >= 15 is 0 Å². The molecule has 0 aromatic heterocycles. The lowest BCUT2D eigenvalue weighted by Gasteiger charge is -2.20. The molecule has 1 amide bonds. The number of benzene rings is 1. The smallest absolute Gasteiger partial charge is 0.237 e. The maximum atomic E-state index is 12.0. The first kappa shape index (κ1) is 16.3. The molecule has 0 aliphatic carbocycles. The van der Waals surface area contributed by atoms with Crippen LogP contribution < -0.4 is 20.5 Å². The molecule has 0 aliphatic rings. The molecule has 1 rings (SSSR count). The molecule has 5 heteroatoms. The zero-order chi connectivity index (χ0) is 15.1. The Morgan fingerprint density at radius 3 is 2.60 bits per heavy atom. The fourth-order valence-electron chi connectivity index (χ4n) is 2.02. The number of amides is 1. The number of hydrogen-bond acceptors (Lipinski definition) is 4. The summed E-state index contributed by atoms with van der Waals surface area (Å²) in [5.41, 5.74) is 6.68. The SMILES string of the molecule is CCCC(N)C(=O)NC(C)c1cc(OC)ccc1OC. The fourth-order valence-corrected chi connectivity index (χ4v) is 2.02. The second kappa shape index (κ2) is 7.75. The van der Waals surface area contributed by atoms with Crippen LogP contribution in [-0.2, 0) is 4.79 Å². The van der Waals surface area contributed by atoms with Gasteiger partial charge >= 0.3 is 0 Å². The van der Waals surface area contributed by atoms with Crippen molar-refractivity contribution in [3.05, 3.63) is 23.8 Å². The molecule has 20 heavy (non-hydrogen) atoms. The molecule has 0 heterocycles. The average Bonchev–Trinajstić information content (AvgIpc) is 2.46. The molecule has 0 aliphatic heterocycles. The van der Waals surface area contributed by atoms with Gasteiger partial charge in [-0.2, -0.15) is 0 Å². The predicted octanol–water partition coefficient (Wildman–Crippen LogP) is 2.01. The highest BCUT2D eigenvalue weighted by Crippen LogP contribution is 2.29. The molecule has 0 saturated heterocycles. The molecule has 1 aromatic rings. The van der Waals surface area contributed by atoms with Gasteiger partial charge in [-0.05, 0) is 31.5 Å². The third kappa shape index (κ3) is 4.13. The van der Waals surface area contributed by atoms with Crippen molar-refractivity contribution in [2.75, 3.05) is 14.2 Å². The maximum absolute atomic E-state index is 12.0. The van der Waals surface area contributed by atoms with E-state index in [4.69, 9.17) is 15.2 Å². The molecule has 112 valence electrons. The second-order valence-electron chi connectivity index (χ2n) is 4.73. The number of nitrogens with two attached hydrogens (primary N) is 1. The number of hydrogen-bond donors (Lipinski definition) is 2. The molecule has 0 fully saturated rings. The van der Waals surface area contributed by atoms with Gasteiger partial charge in [0.05, 0.1) is 26.3 Å². The first-order valence-electron chi connectivity index (χ1n) is 6.81. The maximum Gasteiger partial charge on any atom is 0.237 e. The number of rotatable bonds is 7. The molecular formula is C15H24N2O3. The standard InChI is InChI=1S/C15H24N2O3/c1-5-6-13(16)15(18)17-10(2)12-9-11(19-3)7-8-14(12)20-4/h7-10,13H,5-6,16H2,1-4H3,(H,17,18). The largest absolute Gasteiger partial charge is 0.497 e. The quantitative estimate of drug-likeness (QED) is 0.801. The van der Waals surface area contributed by atoms with Crippen LogP contribution in [0.3, 0.4) is 0 Å². The van der Waals surface area contributed by atoms with Gasteiger partial charge in [-0.25, -0.2) is 0 Å². The highest BCUT2D eigenvalue weighted by Gasteiger charge is 2.18. The molecule has 0 bridgehead atoms. The van der Waals surface area contributed by atoms with E-state index in [1.54, 1.807) is 14.2 Å². The third-order valence-corrected chi connectivity index (χ3v) is 3.20.